The molecule has 1 aromatic rings. The van der Waals surface area contributed by atoms with E-state index in [4.69, 9.17) is 18.9 Å². The number of hydrogen-bond donors (Lipinski definition) is 2. The van der Waals surface area contributed by atoms with E-state index in [1.54, 1.807) is 23.1 Å². The molecule has 0 aromatic heterocycles. The van der Waals surface area contributed by atoms with Gasteiger partial charge in [-0.3, -0.25) is 14.4 Å². The van der Waals surface area contributed by atoms with E-state index in [0.29, 0.717) is 63.1 Å². The average Bonchev–Trinajstić information content (AvgIpc) is 3.36. The highest BCUT2D eigenvalue weighted by Gasteiger charge is 2.20. The van der Waals surface area contributed by atoms with Crippen LogP contribution < -0.4 is 20.2 Å². The Balaban J connectivity index is 1.49. The fraction of sp³-hybridized carbons (Fsp3) is 0.545. The predicted molar refractivity (Wildman–Crippen MR) is 118 cm³/mol. The second-order valence-corrected chi connectivity index (χ2v) is 7.47. The van der Waals surface area contributed by atoms with E-state index in [0.717, 1.165) is 12.8 Å². The number of nitrogens with one attached hydrogen (secondary N) is 2. The molecule has 2 aliphatic rings. The first-order valence-electron chi connectivity index (χ1n) is 11.0. The van der Waals surface area contributed by atoms with Crippen LogP contribution in [0, 0.1) is 0 Å². The minimum Gasteiger partial charge on any atom is -0.490 e. The molecule has 1 atom stereocenters. The van der Waals surface area contributed by atoms with Crippen molar-refractivity contribution in [3.63, 3.8) is 0 Å². The molecular weight excluding hydrogens is 432 g/mol. The molecule has 0 spiro atoms. The molecule has 0 saturated carbocycles. The van der Waals surface area contributed by atoms with Crippen molar-refractivity contribution in [3.05, 3.63) is 23.8 Å². The quantitative estimate of drug-likeness (QED) is 0.302. The number of nitrogens with zero attached hydrogens (tertiary/aromatic N) is 2. The summed E-state index contributed by atoms with van der Waals surface area (Å²) in [5.41, 5.74) is 2.81. The van der Waals surface area contributed by atoms with E-state index >= 15 is 0 Å². The van der Waals surface area contributed by atoms with Crippen molar-refractivity contribution >= 4 is 23.9 Å². The topological polar surface area (TPSA) is 128 Å². The number of benzene rings is 1. The highest BCUT2D eigenvalue weighted by molar-refractivity contribution is 6.35. The lowest BCUT2D eigenvalue weighted by Gasteiger charge is -2.26. The van der Waals surface area contributed by atoms with Crippen molar-refractivity contribution in [1.82, 2.24) is 15.6 Å². The summed E-state index contributed by atoms with van der Waals surface area (Å²) in [5, 5.41) is 6.35. The van der Waals surface area contributed by atoms with Gasteiger partial charge in [0.25, 0.3) is 5.91 Å². The number of hydrogen-bond acceptors (Lipinski definition) is 8. The van der Waals surface area contributed by atoms with Crippen LogP contribution in [0.2, 0.25) is 0 Å². The Labute approximate surface area is 192 Å². The molecule has 11 heteroatoms. The number of morpholine rings is 1. The number of carbonyl (C=O) groups is 3. The van der Waals surface area contributed by atoms with Crippen molar-refractivity contribution in [2.45, 2.75) is 25.9 Å². The van der Waals surface area contributed by atoms with Gasteiger partial charge in [0, 0.05) is 26.2 Å². The molecule has 2 fully saturated rings. The summed E-state index contributed by atoms with van der Waals surface area (Å²) in [5.74, 6) is -0.890. The van der Waals surface area contributed by atoms with E-state index in [1.807, 2.05) is 6.92 Å². The lowest BCUT2D eigenvalue weighted by molar-refractivity contribution is -0.139. The Kier molecular flexibility index (Phi) is 9.45. The normalized spacial score (nSPS) is 18.2. The third-order valence-electron chi connectivity index (χ3n) is 5.08. The molecule has 11 nitrogen and oxygen atoms in total. The van der Waals surface area contributed by atoms with Crippen LogP contribution in [0.25, 0.3) is 0 Å². The summed E-state index contributed by atoms with van der Waals surface area (Å²) in [6.45, 7) is 5.24. The minimum atomic E-state index is -0.865. The highest BCUT2D eigenvalue weighted by Crippen LogP contribution is 2.28. The van der Waals surface area contributed by atoms with Gasteiger partial charge in [-0.15, -0.1) is 0 Å². The van der Waals surface area contributed by atoms with Crippen molar-refractivity contribution < 1.29 is 33.3 Å². The van der Waals surface area contributed by atoms with Gasteiger partial charge in [-0.25, -0.2) is 5.43 Å². The van der Waals surface area contributed by atoms with Crippen molar-refractivity contribution in [3.8, 4) is 11.5 Å². The van der Waals surface area contributed by atoms with Crippen molar-refractivity contribution in [2.24, 2.45) is 5.10 Å². The molecule has 2 aliphatic heterocycles. The van der Waals surface area contributed by atoms with E-state index < -0.39 is 11.8 Å². The van der Waals surface area contributed by atoms with Gasteiger partial charge in [0.05, 0.1) is 32.1 Å². The molecule has 0 aliphatic carbocycles. The molecule has 0 unspecified atom stereocenters. The third kappa shape index (κ3) is 7.72. The maximum Gasteiger partial charge on any atom is 0.329 e. The number of amides is 3. The first-order valence-corrected chi connectivity index (χ1v) is 11.0. The van der Waals surface area contributed by atoms with Crippen molar-refractivity contribution in [1.29, 1.82) is 0 Å². The zero-order valence-electron chi connectivity index (χ0n) is 18.7. The highest BCUT2D eigenvalue weighted by atomic mass is 16.5. The van der Waals surface area contributed by atoms with Crippen LogP contribution in [0.5, 0.6) is 11.5 Å². The van der Waals surface area contributed by atoms with E-state index in [9.17, 15) is 14.4 Å². The standard InChI is InChI=1S/C22H30N4O7/c1-2-31-19-12-16(5-6-18(19)33-15-20(27)26-7-10-30-11-8-26)13-24-25-22(29)21(28)23-14-17-4-3-9-32-17/h5-6,12-13,17H,2-4,7-11,14-15H2,1H3,(H,23,28)(H,25,29)/b24-13-/t17-/m1/s1. The second kappa shape index (κ2) is 12.8. The van der Waals surface area contributed by atoms with Crippen LogP contribution in [-0.2, 0) is 23.9 Å². The Hall–Kier alpha value is -3.18. The number of rotatable bonds is 9. The molecule has 3 rings (SSSR count). The minimum absolute atomic E-state index is 0.0489. The zero-order chi connectivity index (χ0) is 23.5. The maximum atomic E-state index is 12.3. The molecule has 0 radical (unpaired) electrons. The number of ether oxygens (including phenoxy) is 4. The Bertz CT molecular complexity index is 849. The fourth-order valence-electron chi connectivity index (χ4n) is 3.34. The predicted octanol–water partition coefficient (Wildman–Crippen LogP) is 0.0682. The van der Waals surface area contributed by atoms with Gasteiger partial charge in [0.1, 0.15) is 0 Å². The second-order valence-electron chi connectivity index (χ2n) is 7.47. The van der Waals surface area contributed by atoms with Gasteiger partial charge in [-0.05, 0) is 43.5 Å². The molecule has 33 heavy (non-hydrogen) atoms. The molecule has 180 valence electrons. The average molecular weight is 463 g/mol. The molecule has 2 N–H and O–H groups in total. The summed E-state index contributed by atoms with van der Waals surface area (Å²) < 4.78 is 21.9. The smallest absolute Gasteiger partial charge is 0.329 e. The lowest BCUT2D eigenvalue weighted by atomic mass is 10.2. The van der Waals surface area contributed by atoms with Gasteiger partial charge >= 0.3 is 11.8 Å². The van der Waals surface area contributed by atoms with Crippen LogP contribution >= 0.6 is 0 Å². The van der Waals surface area contributed by atoms with Gasteiger partial charge in [0.15, 0.2) is 18.1 Å². The summed E-state index contributed by atoms with van der Waals surface area (Å²) in [6.07, 6.45) is 3.15. The Morgan fingerprint density at radius 3 is 2.70 bits per heavy atom. The van der Waals surface area contributed by atoms with Crippen LogP contribution in [0.15, 0.2) is 23.3 Å². The monoisotopic (exact) mass is 462 g/mol. The largest absolute Gasteiger partial charge is 0.490 e. The third-order valence-corrected chi connectivity index (χ3v) is 5.08. The molecular formula is C22H30N4O7. The summed E-state index contributed by atoms with van der Waals surface area (Å²) >= 11 is 0. The van der Waals surface area contributed by atoms with Gasteiger partial charge in [-0.2, -0.15) is 5.10 Å². The maximum absolute atomic E-state index is 12.3. The van der Waals surface area contributed by atoms with Crippen LogP contribution in [0.4, 0.5) is 0 Å². The van der Waals surface area contributed by atoms with Crippen LogP contribution in [-0.4, -0.2) is 87.6 Å². The summed E-state index contributed by atoms with van der Waals surface area (Å²) in [4.78, 5) is 37.7. The molecule has 2 saturated heterocycles. The van der Waals surface area contributed by atoms with E-state index in [2.05, 4.69) is 15.8 Å². The van der Waals surface area contributed by atoms with Crippen molar-refractivity contribution in [2.75, 3.05) is 52.7 Å². The molecule has 1 aromatic carbocycles. The lowest BCUT2D eigenvalue weighted by Crippen LogP contribution is -2.43. The van der Waals surface area contributed by atoms with E-state index in [1.165, 1.54) is 6.21 Å². The fourth-order valence-corrected chi connectivity index (χ4v) is 3.34. The zero-order valence-corrected chi connectivity index (χ0v) is 18.7. The Morgan fingerprint density at radius 1 is 1.15 bits per heavy atom. The molecule has 3 amide bonds. The first kappa shape index (κ1) is 24.5. The van der Waals surface area contributed by atoms with E-state index in [-0.39, 0.29) is 18.6 Å². The van der Waals surface area contributed by atoms with Crippen LogP contribution in [0.1, 0.15) is 25.3 Å². The van der Waals surface area contributed by atoms with Crippen LogP contribution in [0.3, 0.4) is 0 Å². The first-order chi connectivity index (χ1) is 16.1. The van der Waals surface area contributed by atoms with Gasteiger partial charge in [0.2, 0.25) is 0 Å². The number of carbonyl (C=O) groups excluding carboxylic acids is 3. The summed E-state index contributed by atoms with van der Waals surface area (Å²) in [6, 6.07) is 5.03. The molecule has 0 bridgehead atoms. The van der Waals surface area contributed by atoms with Gasteiger partial charge in [-0.1, -0.05) is 0 Å². The summed E-state index contributed by atoms with van der Waals surface area (Å²) in [7, 11) is 0. The molecule has 2 heterocycles. The van der Waals surface area contributed by atoms with Gasteiger partial charge < -0.3 is 29.2 Å². The SMILES string of the molecule is CCOc1cc(/C=N\NC(=O)C(=O)NC[C@H]2CCCO2)ccc1OCC(=O)N1CCOCC1. The number of hydrazone groups is 1. The Morgan fingerprint density at radius 2 is 1.97 bits per heavy atom.